The molecule has 57 heavy (non-hydrogen) atoms. The third-order valence-electron chi connectivity index (χ3n) is 11.0. The lowest BCUT2D eigenvalue weighted by atomic mass is 9.80. The molecule has 0 N–H and O–H groups in total. The Labute approximate surface area is 339 Å². The Kier molecular flexibility index (Phi) is 9.46. The zero-order valence-electron chi connectivity index (χ0n) is 33.0. The van der Waals surface area contributed by atoms with Crippen molar-refractivity contribution in [3.05, 3.63) is 156 Å². The fourth-order valence-corrected chi connectivity index (χ4v) is 9.61. The predicted molar refractivity (Wildman–Crippen MR) is 243 cm³/mol. The number of hydrogen-bond donors (Lipinski definition) is 0. The van der Waals surface area contributed by atoms with Gasteiger partial charge in [0, 0.05) is 47.9 Å². The summed E-state index contributed by atoms with van der Waals surface area (Å²) in [6.07, 6.45) is 9.68. The van der Waals surface area contributed by atoms with Crippen LogP contribution in [0.2, 0.25) is 13.6 Å². The predicted octanol–water partition coefficient (Wildman–Crippen LogP) is 13.0. The number of rotatable bonds is 9. The van der Waals surface area contributed by atoms with Gasteiger partial charge in [0.1, 0.15) is 20.1 Å². The molecule has 3 aromatic heterocycles. The summed E-state index contributed by atoms with van der Waals surface area (Å²) in [6, 6.07) is 33.2. The van der Waals surface area contributed by atoms with Gasteiger partial charge in [0.15, 0.2) is 29.4 Å². The van der Waals surface area contributed by atoms with E-state index in [9.17, 15) is 0 Å². The lowest BCUT2D eigenvalue weighted by Crippen LogP contribution is -2.14. The molecule has 0 aliphatic heterocycles. The molecular formula is C49H40B2N4OS. The molecule has 5 nitrogen and oxygen atoms in total. The standard InChI is InChI=1S/C49H40B2N4OS/c1-7-12-33(27-51-6)48-54-46(29(8-2)23-24-50-5)53-47(55-48)32-14-9-13-30(25-32)34-15-10-17-36-37-18-11-16-35(45(37)57-44(34)36)31-19-20-38-40(26-31)49(3,4)39-21-22-41-43(42(38)39)56-28-52-41/h7-28H,1-6H3/b12-7-,24-23-,29-8+,33-27+. The van der Waals surface area contributed by atoms with Gasteiger partial charge >= 0.3 is 0 Å². The molecule has 274 valence electrons. The van der Waals surface area contributed by atoms with Crippen molar-refractivity contribution >= 4 is 68.3 Å². The van der Waals surface area contributed by atoms with E-state index in [1.807, 2.05) is 89.6 Å². The van der Waals surface area contributed by atoms with Crippen molar-refractivity contribution < 1.29 is 4.42 Å². The first-order valence-corrected chi connectivity index (χ1v) is 20.2. The van der Waals surface area contributed by atoms with Crippen LogP contribution in [0.5, 0.6) is 0 Å². The van der Waals surface area contributed by atoms with Crippen LogP contribution in [-0.2, 0) is 5.41 Å². The monoisotopic (exact) mass is 754 g/mol. The molecule has 0 amide bonds. The van der Waals surface area contributed by atoms with Gasteiger partial charge in [-0.2, -0.15) is 0 Å². The maximum absolute atomic E-state index is 5.93. The number of oxazole rings is 1. The zero-order chi connectivity index (χ0) is 39.3. The van der Waals surface area contributed by atoms with Crippen molar-refractivity contribution in [2.24, 2.45) is 0 Å². The Morgan fingerprint density at radius 1 is 0.684 bits per heavy atom. The smallest absolute Gasteiger partial charge is 0.182 e. The number of allylic oxidation sites excluding steroid dienone is 6. The average molecular weight is 755 g/mol. The Balaban J connectivity index is 1.16. The second kappa shape index (κ2) is 14.8. The number of benzene rings is 5. The van der Waals surface area contributed by atoms with E-state index < -0.39 is 0 Å². The van der Waals surface area contributed by atoms with E-state index in [1.54, 1.807) is 6.39 Å². The van der Waals surface area contributed by atoms with Crippen molar-refractivity contribution in [2.45, 2.75) is 46.8 Å². The van der Waals surface area contributed by atoms with E-state index in [2.05, 4.69) is 110 Å². The van der Waals surface area contributed by atoms with Crippen LogP contribution < -0.4 is 0 Å². The molecule has 1 aliphatic rings. The summed E-state index contributed by atoms with van der Waals surface area (Å²) in [5.41, 5.74) is 14.1. The molecule has 0 saturated carbocycles. The largest absolute Gasteiger partial charge is 0.443 e. The minimum atomic E-state index is -0.174. The van der Waals surface area contributed by atoms with Gasteiger partial charge in [0.2, 0.25) is 0 Å². The summed E-state index contributed by atoms with van der Waals surface area (Å²) >= 11 is 1.86. The van der Waals surface area contributed by atoms with E-state index in [0.717, 1.165) is 38.9 Å². The summed E-state index contributed by atoms with van der Waals surface area (Å²) in [5, 5.41) is 2.51. The van der Waals surface area contributed by atoms with Gasteiger partial charge in [0.25, 0.3) is 0 Å². The highest BCUT2D eigenvalue weighted by Gasteiger charge is 2.38. The minimum absolute atomic E-state index is 0.174. The average Bonchev–Trinajstić information content (AvgIpc) is 3.94. The third-order valence-corrected chi connectivity index (χ3v) is 12.3. The lowest BCUT2D eigenvalue weighted by molar-refractivity contribution is 0.601. The van der Waals surface area contributed by atoms with Gasteiger partial charge in [-0.3, -0.25) is 0 Å². The fraction of sp³-hybridized carbons (Fsp3) is 0.143. The molecule has 0 saturated heterocycles. The molecule has 0 bridgehead atoms. The van der Waals surface area contributed by atoms with Crippen LogP contribution in [0.15, 0.2) is 138 Å². The van der Waals surface area contributed by atoms with E-state index in [1.165, 1.54) is 53.6 Å². The van der Waals surface area contributed by atoms with Crippen LogP contribution in [0.25, 0.3) is 87.2 Å². The van der Waals surface area contributed by atoms with E-state index >= 15 is 0 Å². The first-order valence-electron chi connectivity index (χ1n) is 19.4. The fourth-order valence-electron chi connectivity index (χ4n) is 8.24. The molecule has 5 aromatic carbocycles. The highest BCUT2D eigenvalue weighted by molar-refractivity contribution is 7.26. The SMILES string of the molecule is C[B]/C=C\C(=C/C)c1nc(C(/C=C\C)=C/[B]C)nc(-c2cccc(-c3cccc4c3sc3c(-c5ccc6c(c5)C(C)(C)c5ccc7ncoc7c5-6)cccc34)c2)n1. The maximum atomic E-state index is 5.93. The number of nitrogens with zero attached hydrogens (tertiary/aromatic N) is 4. The first-order chi connectivity index (χ1) is 27.8. The van der Waals surface area contributed by atoms with Crippen LogP contribution in [0.1, 0.15) is 50.5 Å². The van der Waals surface area contributed by atoms with E-state index in [4.69, 9.17) is 19.4 Å². The Bertz CT molecular complexity index is 3000. The second-order valence-electron chi connectivity index (χ2n) is 14.8. The van der Waals surface area contributed by atoms with Gasteiger partial charge in [-0.15, -0.1) is 23.3 Å². The minimum Gasteiger partial charge on any atom is -0.443 e. The van der Waals surface area contributed by atoms with Crippen LogP contribution >= 0.6 is 11.3 Å². The molecule has 0 spiro atoms. The first kappa shape index (κ1) is 36.5. The Morgan fingerprint density at radius 3 is 2.09 bits per heavy atom. The molecule has 9 rings (SSSR count). The van der Waals surface area contributed by atoms with Crippen molar-refractivity contribution in [3.8, 4) is 44.8 Å². The molecule has 8 heteroatoms. The van der Waals surface area contributed by atoms with Gasteiger partial charge in [0.05, 0.1) is 0 Å². The molecule has 0 unspecified atom stereocenters. The van der Waals surface area contributed by atoms with Crippen molar-refractivity contribution in [2.75, 3.05) is 0 Å². The van der Waals surface area contributed by atoms with Crippen molar-refractivity contribution in [1.29, 1.82) is 0 Å². The molecule has 0 atom stereocenters. The summed E-state index contributed by atoms with van der Waals surface area (Å²) in [7, 11) is 4.02. The molecule has 2 radical (unpaired) electrons. The topological polar surface area (TPSA) is 64.7 Å². The van der Waals surface area contributed by atoms with Crippen LogP contribution in [0.3, 0.4) is 0 Å². The normalized spacial score (nSPS) is 14.0. The van der Waals surface area contributed by atoms with Gasteiger partial charge in [-0.1, -0.05) is 125 Å². The van der Waals surface area contributed by atoms with Crippen LogP contribution in [0.4, 0.5) is 0 Å². The number of fused-ring (bicyclic) bond motifs is 8. The highest BCUT2D eigenvalue weighted by atomic mass is 32.1. The van der Waals surface area contributed by atoms with Gasteiger partial charge in [-0.05, 0) is 71.0 Å². The summed E-state index contributed by atoms with van der Waals surface area (Å²) in [5.74, 6) is 5.96. The number of thiophene rings is 1. The van der Waals surface area contributed by atoms with Gasteiger partial charge < -0.3 is 4.42 Å². The van der Waals surface area contributed by atoms with Crippen LogP contribution in [0, 0.1) is 0 Å². The van der Waals surface area contributed by atoms with Crippen LogP contribution in [-0.4, -0.2) is 34.5 Å². The number of hydrogen-bond acceptors (Lipinski definition) is 6. The summed E-state index contributed by atoms with van der Waals surface area (Å²) in [4.78, 5) is 19.5. The highest BCUT2D eigenvalue weighted by Crippen LogP contribution is 2.53. The third kappa shape index (κ3) is 6.20. The molecule has 0 fully saturated rings. The number of aromatic nitrogens is 4. The van der Waals surface area contributed by atoms with Crippen molar-refractivity contribution in [1.82, 2.24) is 19.9 Å². The lowest BCUT2D eigenvalue weighted by Gasteiger charge is -2.22. The zero-order valence-corrected chi connectivity index (χ0v) is 33.8. The van der Waals surface area contributed by atoms with E-state index in [0.29, 0.717) is 17.5 Å². The molecule has 8 aromatic rings. The van der Waals surface area contributed by atoms with Gasteiger partial charge in [-0.25, -0.2) is 19.9 Å². The van der Waals surface area contributed by atoms with E-state index in [-0.39, 0.29) is 5.41 Å². The molecular weight excluding hydrogens is 714 g/mol. The van der Waals surface area contributed by atoms with Crippen molar-refractivity contribution in [3.63, 3.8) is 0 Å². The Morgan fingerprint density at radius 2 is 1.39 bits per heavy atom. The molecule has 1 aliphatic carbocycles. The Hall–Kier alpha value is -6.11. The second-order valence-corrected chi connectivity index (χ2v) is 15.8. The molecule has 3 heterocycles. The maximum Gasteiger partial charge on any atom is 0.182 e. The summed E-state index contributed by atoms with van der Waals surface area (Å²) in [6.45, 7) is 12.7. The summed E-state index contributed by atoms with van der Waals surface area (Å²) < 4.78 is 8.46. The quantitative estimate of drug-likeness (QED) is 0.108.